The number of halogens is 1. The van der Waals surface area contributed by atoms with Crippen LogP contribution in [-0.2, 0) is 20.6 Å². The average Bonchev–Trinajstić information content (AvgIpc) is 3.10. The molecule has 0 saturated heterocycles. The van der Waals surface area contributed by atoms with Crippen LogP contribution in [0.4, 0.5) is 0 Å². The lowest BCUT2D eigenvalue weighted by atomic mass is 9.86. The van der Waals surface area contributed by atoms with Gasteiger partial charge in [0.1, 0.15) is 21.7 Å². The minimum atomic E-state index is -1.53. The Bertz CT molecular complexity index is 894. The maximum atomic E-state index is 12.9. The summed E-state index contributed by atoms with van der Waals surface area (Å²) in [7, 11) is 0.0112. The number of nitrogens with one attached hydrogen (secondary N) is 3. The van der Waals surface area contributed by atoms with E-state index in [2.05, 4.69) is 20.3 Å². The van der Waals surface area contributed by atoms with Crippen LogP contribution in [0.15, 0.2) is 35.4 Å². The van der Waals surface area contributed by atoms with Gasteiger partial charge < -0.3 is 10.6 Å². The van der Waals surface area contributed by atoms with Crippen LogP contribution in [0.5, 0.6) is 0 Å². The number of aromatic nitrogens is 1. The zero-order valence-electron chi connectivity index (χ0n) is 14.8. The Hall–Kier alpha value is -2.03. The lowest BCUT2D eigenvalue weighted by molar-refractivity contribution is -0.131. The normalized spacial score (nSPS) is 23.1. The summed E-state index contributed by atoms with van der Waals surface area (Å²) in [6, 6.07) is 7.36. The number of rotatable bonds is 7. The van der Waals surface area contributed by atoms with Gasteiger partial charge in [0.05, 0.1) is 4.90 Å². The van der Waals surface area contributed by atoms with Crippen molar-refractivity contribution in [2.24, 2.45) is 5.92 Å². The molecule has 2 aromatic rings. The summed E-state index contributed by atoms with van der Waals surface area (Å²) in [5.41, 5.74) is -0.978. The molecule has 0 radical (unpaired) electrons. The number of amides is 2. The summed E-state index contributed by atoms with van der Waals surface area (Å²) in [5, 5.41) is 7.17. The van der Waals surface area contributed by atoms with Crippen molar-refractivity contribution in [3.63, 3.8) is 0 Å². The highest BCUT2D eigenvalue weighted by atomic mass is 35.5. The molecule has 1 saturated carbocycles. The maximum Gasteiger partial charge on any atom is 0.245 e. The molecular formula is C18H21ClN4O3S. The Morgan fingerprint density at radius 3 is 2.85 bits per heavy atom. The van der Waals surface area contributed by atoms with Gasteiger partial charge in [-0.2, -0.15) is 0 Å². The van der Waals surface area contributed by atoms with Crippen LogP contribution in [0, 0.1) is 5.92 Å². The Kier molecular flexibility index (Phi) is 6.08. The number of carbonyl (C=O) groups is 2. The highest BCUT2D eigenvalue weighted by molar-refractivity contribution is 7.83. The van der Waals surface area contributed by atoms with Crippen molar-refractivity contribution < 1.29 is 13.8 Å². The van der Waals surface area contributed by atoms with Gasteiger partial charge >= 0.3 is 0 Å². The fourth-order valence-electron chi connectivity index (χ4n) is 3.77. The van der Waals surface area contributed by atoms with Crippen LogP contribution < -0.4 is 15.4 Å². The third-order valence-corrected chi connectivity index (χ3v) is 6.59. The van der Waals surface area contributed by atoms with E-state index in [4.69, 9.17) is 11.6 Å². The minimum Gasteiger partial charge on any atom is -0.357 e. The molecule has 3 unspecified atom stereocenters. The predicted octanol–water partition coefficient (Wildman–Crippen LogP) is 1.53. The quantitative estimate of drug-likeness (QED) is 0.477. The molecule has 27 heavy (non-hydrogen) atoms. The van der Waals surface area contributed by atoms with Crippen LogP contribution in [-0.4, -0.2) is 40.6 Å². The smallest absolute Gasteiger partial charge is 0.245 e. The number of carbonyl (C=O) groups excluding carboxylic acids is 2. The van der Waals surface area contributed by atoms with Crippen molar-refractivity contribution in [1.29, 1.82) is 0 Å². The molecule has 0 aliphatic heterocycles. The second kappa shape index (κ2) is 8.33. The molecular weight excluding hydrogens is 388 g/mol. The van der Waals surface area contributed by atoms with E-state index in [0.29, 0.717) is 29.4 Å². The Balaban J connectivity index is 1.80. The molecule has 144 valence electrons. The molecule has 1 aromatic heterocycles. The van der Waals surface area contributed by atoms with Crippen LogP contribution in [0.2, 0.25) is 5.15 Å². The number of nitrogens with zero attached hydrogens (tertiary/aromatic N) is 1. The van der Waals surface area contributed by atoms with E-state index < -0.39 is 16.5 Å². The SMILES string of the molecule is CNC(=O)C1(NC=O)CCCC1CNS(=O)c1cnc(Cl)c2ccccc12. The first-order valence-electron chi connectivity index (χ1n) is 8.65. The summed E-state index contributed by atoms with van der Waals surface area (Å²) in [6.07, 6.45) is 4.16. The lowest BCUT2D eigenvalue weighted by Crippen LogP contribution is -2.60. The molecule has 3 N–H and O–H groups in total. The van der Waals surface area contributed by atoms with Crippen LogP contribution >= 0.6 is 11.6 Å². The van der Waals surface area contributed by atoms with Gasteiger partial charge in [-0.3, -0.25) is 9.59 Å². The third kappa shape index (κ3) is 3.69. The molecule has 1 heterocycles. The summed E-state index contributed by atoms with van der Waals surface area (Å²) in [6.45, 7) is 0.317. The highest BCUT2D eigenvalue weighted by Gasteiger charge is 2.48. The van der Waals surface area contributed by atoms with Gasteiger partial charge in [0, 0.05) is 36.5 Å². The molecule has 3 rings (SSSR count). The van der Waals surface area contributed by atoms with Crippen molar-refractivity contribution in [1.82, 2.24) is 20.3 Å². The first-order chi connectivity index (χ1) is 13.0. The van der Waals surface area contributed by atoms with E-state index in [1.807, 2.05) is 24.3 Å². The molecule has 0 bridgehead atoms. The van der Waals surface area contributed by atoms with E-state index in [-0.39, 0.29) is 11.8 Å². The molecule has 1 aliphatic rings. The first-order valence-corrected chi connectivity index (χ1v) is 10.2. The van der Waals surface area contributed by atoms with Gasteiger partial charge in [0.25, 0.3) is 0 Å². The monoisotopic (exact) mass is 408 g/mol. The van der Waals surface area contributed by atoms with Crippen molar-refractivity contribution in [3.05, 3.63) is 35.6 Å². The van der Waals surface area contributed by atoms with Gasteiger partial charge in [-0.1, -0.05) is 42.3 Å². The topological polar surface area (TPSA) is 100 Å². The third-order valence-electron chi connectivity index (χ3n) is 5.14. The van der Waals surface area contributed by atoms with E-state index in [9.17, 15) is 13.8 Å². The summed E-state index contributed by atoms with van der Waals surface area (Å²) in [4.78, 5) is 28.1. The van der Waals surface area contributed by atoms with Crippen molar-refractivity contribution >= 4 is 45.7 Å². The van der Waals surface area contributed by atoms with Gasteiger partial charge in [-0.05, 0) is 12.8 Å². The van der Waals surface area contributed by atoms with E-state index in [1.165, 1.54) is 6.20 Å². The molecule has 3 atom stereocenters. The number of hydrogen-bond donors (Lipinski definition) is 3. The average molecular weight is 409 g/mol. The van der Waals surface area contributed by atoms with Crippen molar-refractivity contribution in [2.45, 2.75) is 29.7 Å². The Labute approximate surface area is 164 Å². The zero-order valence-corrected chi connectivity index (χ0v) is 16.4. The Morgan fingerprint density at radius 2 is 2.15 bits per heavy atom. The number of benzene rings is 1. The van der Waals surface area contributed by atoms with Gasteiger partial charge in [-0.15, -0.1) is 0 Å². The minimum absolute atomic E-state index is 0.168. The lowest BCUT2D eigenvalue weighted by Gasteiger charge is -2.33. The zero-order chi connectivity index (χ0) is 19.4. The van der Waals surface area contributed by atoms with Crippen molar-refractivity contribution in [2.75, 3.05) is 13.6 Å². The first kappa shape index (κ1) is 19.7. The summed E-state index contributed by atoms with van der Waals surface area (Å²) in [5.74, 6) is -0.401. The van der Waals surface area contributed by atoms with Gasteiger partial charge in [0.15, 0.2) is 0 Å². The van der Waals surface area contributed by atoms with E-state index in [1.54, 1.807) is 7.05 Å². The predicted molar refractivity (Wildman–Crippen MR) is 105 cm³/mol. The second-order valence-electron chi connectivity index (χ2n) is 6.48. The molecule has 1 fully saturated rings. The number of hydrogen-bond acceptors (Lipinski definition) is 4. The van der Waals surface area contributed by atoms with Gasteiger partial charge in [0.2, 0.25) is 12.3 Å². The second-order valence-corrected chi connectivity index (χ2v) is 8.10. The van der Waals surface area contributed by atoms with Crippen molar-refractivity contribution in [3.8, 4) is 0 Å². The molecule has 1 aliphatic carbocycles. The molecule has 0 spiro atoms. The number of pyridine rings is 1. The highest BCUT2D eigenvalue weighted by Crippen LogP contribution is 2.36. The fourth-order valence-corrected chi connectivity index (χ4v) is 5.02. The fraction of sp³-hybridized carbons (Fsp3) is 0.389. The molecule has 1 aromatic carbocycles. The maximum absolute atomic E-state index is 12.9. The van der Waals surface area contributed by atoms with E-state index in [0.717, 1.165) is 23.6 Å². The molecule has 2 amide bonds. The van der Waals surface area contributed by atoms with E-state index >= 15 is 0 Å². The number of fused-ring (bicyclic) bond motifs is 1. The van der Waals surface area contributed by atoms with Crippen LogP contribution in [0.25, 0.3) is 10.8 Å². The summed E-state index contributed by atoms with van der Waals surface area (Å²) < 4.78 is 15.9. The molecule has 9 heteroatoms. The summed E-state index contributed by atoms with van der Waals surface area (Å²) >= 11 is 6.12. The molecule has 7 nitrogen and oxygen atoms in total. The number of likely N-dealkylation sites (N-methyl/N-ethyl adjacent to an activating group) is 1. The standard InChI is InChI=1S/C18H21ClN4O3S/c1-20-17(25)18(22-11-24)8-4-5-12(18)9-23-27(26)15-10-21-16(19)14-7-3-2-6-13(14)15/h2-3,6-7,10-12,23H,4-5,8-9H2,1H3,(H,20,25)(H,22,24). The largest absolute Gasteiger partial charge is 0.357 e. The Morgan fingerprint density at radius 1 is 1.41 bits per heavy atom. The van der Waals surface area contributed by atoms with Gasteiger partial charge in [-0.25, -0.2) is 13.9 Å². The van der Waals surface area contributed by atoms with Crippen LogP contribution in [0.3, 0.4) is 0 Å². The van der Waals surface area contributed by atoms with Crippen LogP contribution in [0.1, 0.15) is 19.3 Å².